The van der Waals surface area contributed by atoms with Crippen molar-refractivity contribution in [1.82, 2.24) is 0 Å². The maximum Gasteiger partial charge on any atom is 0.238 e. The lowest BCUT2D eigenvalue weighted by Gasteiger charge is -2.25. The molecule has 3 rings (SSSR count). The van der Waals surface area contributed by atoms with E-state index in [2.05, 4.69) is 50.1 Å². The zero-order valence-corrected chi connectivity index (χ0v) is 15.3. The van der Waals surface area contributed by atoms with Crippen molar-refractivity contribution in [2.45, 2.75) is 12.3 Å². The van der Waals surface area contributed by atoms with E-state index >= 15 is 0 Å². The second-order valence-electron chi connectivity index (χ2n) is 4.92. The highest BCUT2D eigenvalue weighted by Gasteiger charge is 2.34. The lowest BCUT2D eigenvalue weighted by Crippen LogP contribution is -2.27. The van der Waals surface area contributed by atoms with Gasteiger partial charge in [0.05, 0.1) is 5.75 Å². The third kappa shape index (κ3) is 3.05. The van der Waals surface area contributed by atoms with Gasteiger partial charge < -0.3 is 0 Å². The predicted molar refractivity (Wildman–Crippen MR) is 95.7 cm³/mol. The summed E-state index contributed by atoms with van der Waals surface area (Å²) >= 11 is 8.68. The number of benzene rings is 2. The second kappa shape index (κ2) is 6.15. The van der Waals surface area contributed by atoms with Gasteiger partial charge in [-0.25, -0.2) is 0 Å². The average Bonchev–Trinajstić information content (AvgIpc) is 2.84. The van der Waals surface area contributed by atoms with Gasteiger partial charge in [0.25, 0.3) is 0 Å². The molecule has 0 spiro atoms. The Balaban J connectivity index is 2.01. The van der Waals surface area contributed by atoms with Crippen LogP contribution in [0.1, 0.15) is 16.5 Å². The number of nitrogens with zero attached hydrogens (tertiary/aromatic N) is 1. The van der Waals surface area contributed by atoms with Gasteiger partial charge in [-0.2, -0.15) is 0 Å². The maximum absolute atomic E-state index is 12.3. The van der Waals surface area contributed by atoms with Crippen molar-refractivity contribution >= 4 is 55.2 Å². The van der Waals surface area contributed by atoms with E-state index in [0.29, 0.717) is 5.75 Å². The summed E-state index contributed by atoms with van der Waals surface area (Å²) in [7, 11) is 0. The van der Waals surface area contributed by atoms with Crippen LogP contribution in [0, 0.1) is 6.92 Å². The molecule has 0 saturated carbocycles. The van der Waals surface area contributed by atoms with Crippen LogP contribution in [0.2, 0.25) is 0 Å². The number of hydrogen-bond acceptors (Lipinski definition) is 2. The Bertz CT molecular complexity index is 704. The number of anilines is 1. The molecule has 0 radical (unpaired) electrons. The minimum Gasteiger partial charge on any atom is -0.295 e. The van der Waals surface area contributed by atoms with Crippen LogP contribution in [0.15, 0.2) is 51.4 Å². The summed E-state index contributed by atoms with van der Waals surface area (Å²) in [6.07, 6.45) is 0. The Kier molecular flexibility index (Phi) is 4.43. The molecule has 1 fully saturated rings. The largest absolute Gasteiger partial charge is 0.295 e. The quantitative estimate of drug-likeness (QED) is 0.649. The van der Waals surface area contributed by atoms with Crippen LogP contribution in [0.4, 0.5) is 5.69 Å². The van der Waals surface area contributed by atoms with Crippen molar-refractivity contribution in [3.05, 3.63) is 62.5 Å². The molecular weight excluding hydrogens is 414 g/mol. The molecule has 21 heavy (non-hydrogen) atoms. The first-order chi connectivity index (χ1) is 10.1. The van der Waals surface area contributed by atoms with E-state index in [-0.39, 0.29) is 11.3 Å². The van der Waals surface area contributed by atoms with Gasteiger partial charge in [-0.3, -0.25) is 9.69 Å². The van der Waals surface area contributed by atoms with Crippen LogP contribution in [-0.2, 0) is 4.79 Å². The van der Waals surface area contributed by atoms with Crippen molar-refractivity contribution < 1.29 is 4.79 Å². The Morgan fingerprint density at radius 2 is 2.00 bits per heavy atom. The normalized spacial score (nSPS) is 18.3. The van der Waals surface area contributed by atoms with Crippen LogP contribution in [-0.4, -0.2) is 11.7 Å². The summed E-state index contributed by atoms with van der Waals surface area (Å²) < 4.78 is 2.09. The van der Waals surface area contributed by atoms with E-state index in [0.717, 1.165) is 25.8 Å². The van der Waals surface area contributed by atoms with E-state index in [4.69, 9.17) is 0 Å². The van der Waals surface area contributed by atoms with Gasteiger partial charge in [-0.1, -0.05) is 44.0 Å². The minimum absolute atomic E-state index is 0.0376. The van der Waals surface area contributed by atoms with E-state index in [1.54, 1.807) is 11.8 Å². The molecule has 0 aliphatic carbocycles. The van der Waals surface area contributed by atoms with E-state index in [9.17, 15) is 4.79 Å². The molecule has 1 atom stereocenters. The van der Waals surface area contributed by atoms with E-state index in [1.807, 2.05) is 36.1 Å². The zero-order chi connectivity index (χ0) is 15.0. The number of hydrogen-bond donors (Lipinski definition) is 0. The molecule has 2 nitrogen and oxygen atoms in total. The van der Waals surface area contributed by atoms with Crippen LogP contribution >= 0.6 is 43.6 Å². The molecule has 2 aromatic rings. The van der Waals surface area contributed by atoms with Crippen LogP contribution in [0.5, 0.6) is 0 Å². The molecular formula is C16H13Br2NOS. The van der Waals surface area contributed by atoms with Gasteiger partial charge in [0.2, 0.25) is 5.91 Å². The molecule has 0 aromatic heterocycles. The fourth-order valence-corrected chi connectivity index (χ4v) is 4.22. The third-order valence-electron chi connectivity index (χ3n) is 3.42. The molecule has 0 N–H and O–H groups in total. The number of amides is 1. The predicted octanol–water partition coefficient (Wildman–Crippen LogP) is 5.30. The average molecular weight is 427 g/mol. The number of carbonyl (C=O) groups excluding carboxylic acids is 1. The highest BCUT2D eigenvalue weighted by Crippen LogP contribution is 2.42. The molecule has 108 valence electrons. The Morgan fingerprint density at radius 3 is 2.71 bits per heavy atom. The van der Waals surface area contributed by atoms with Gasteiger partial charge in [0, 0.05) is 14.6 Å². The second-order valence-corrected chi connectivity index (χ2v) is 7.75. The maximum atomic E-state index is 12.3. The van der Waals surface area contributed by atoms with Gasteiger partial charge in [0.1, 0.15) is 5.37 Å². The lowest BCUT2D eigenvalue weighted by atomic mass is 10.1. The molecule has 0 unspecified atom stereocenters. The third-order valence-corrected chi connectivity index (χ3v) is 6.02. The van der Waals surface area contributed by atoms with Crippen LogP contribution in [0.25, 0.3) is 0 Å². The standard InChI is InChI=1S/C16H13Br2NOS/c1-10-7-13(5-6-14(10)18)19-15(20)9-21-16(19)11-3-2-4-12(17)8-11/h2-8,16H,9H2,1H3/t16-/m0/s1. The zero-order valence-electron chi connectivity index (χ0n) is 11.3. The molecule has 1 saturated heterocycles. The summed E-state index contributed by atoms with van der Waals surface area (Å²) in [4.78, 5) is 14.2. The summed E-state index contributed by atoms with van der Waals surface area (Å²) in [6.45, 7) is 2.04. The number of carbonyl (C=O) groups is 1. The molecule has 1 heterocycles. The summed E-state index contributed by atoms with van der Waals surface area (Å²) in [5.74, 6) is 0.679. The molecule has 2 aromatic carbocycles. The first-order valence-corrected chi connectivity index (χ1v) is 9.15. The molecule has 5 heteroatoms. The van der Waals surface area contributed by atoms with Crippen LogP contribution < -0.4 is 4.90 Å². The van der Waals surface area contributed by atoms with E-state index < -0.39 is 0 Å². The minimum atomic E-state index is 0.0376. The van der Waals surface area contributed by atoms with Crippen molar-refractivity contribution in [2.75, 3.05) is 10.7 Å². The Labute approximate surface area is 145 Å². The van der Waals surface area contributed by atoms with Crippen LogP contribution in [0.3, 0.4) is 0 Å². The van der Waals surface area contributed by atoms with Crippen molar-refractivity contribution in [2.24, 2.45) is 0 Å². The number of halogens is 2. The smallest absolute Gasteiger partial charge is 0.238 e. The van der Waals surface area contributed by atoms with Crippen molar-refractivity contribution in [3.8, 4) is 0 Å². The van der Waals surface area contributed by atoms with Gasteiger partial charge >= 0.3 is 0 Å². The fourth-order valence-electron chi connectivity index (χ4n) is 2.39. The molecule has 1 amide bonds. The summed E-state index contributed by atoms with van der Waals surface area (Å²) in [6, 6.07) is 14.2. The number of thioether (sulfide) groups is 1. The highest BCUT2D eigenvalue weighted by molar-refractivity contribution is 9.10. The summed E-state index contributed by atoms with van der Waals surface area (Å²) in [5, 5.41) is 0.0376. The van der Waals surface area contributed by atoms with Crippen molar-refractivity contribution in [1.29, 1.82) is 0 Å². The monoisotopic (exact) mass is 425 g/mol. The Morgan fingerprint density at radius 1 is 1.19 bits per heavy atom. The lowest BCUT2D eigenvalue weighted by molar-refractivity contribution is -0.115. The molecule has 0 bridgehead atoms. The molecule has 1 aliphatic rings. The number of aryl methyl sites for hydroxylation is 1. The van der Waals surface area contributed by atoms with Gasteiger partial charge in [-0.05, 0) is 48.4 Å². The fraction of sp³-hybridized carbons (Fsp3) is 0.188. The molecule has 1 aliphatic heterocycles. The van der Waals surface area contributed by atoms with Gasteiger partial charge in [-0.15, -0.1) is 11.8 Å². The first kappa shape index (κ1) is 15.1. The highest BCUT2D eigenvalue weighted by atomic mass is 79.9. The van der Waals surface area contributed by atoms with Crippen molar-refractivity contribution in [3.63, 3.8) is 0 Å². The SMILES string of the molecule is Cc1cc(N2C(=O)CS[C@H]2c2cccc(Br)c2)ccc1Br. The van der Waals surface area contributed by atoms with Gasteiger partial charge in [0.15, 0.2) is 0 Å². The topological polar surface area (TPSA) is 20.3 Å². The Hall–Kier alpha value is -0.780. The van der Waals surface area contributed by atoms with E-state index in [1.165, 1.54) is 0 Å². The number of rotatable bonds is 2. The first-order valence-electron chi connectivity index (χ1n) is 6.51. The summed E-state index contributed by atoms with van der Waals surface area (Å²) in [5.41, 5.74) is 3.22.